The van der Waals surface area contributed by atoms with E-state index in [4.69, 9.17) is 21.9 Å². The minimum absolute atomic E-state index is 0. The van der Waals surface area contributed by atoms with Crippen LogP contribution >= 0.6 is 24.0 Å². The molecule has 3 aromatic rings. The van der Waals surface area contributed by atoms with Gasteiger partial charge in [0.1, 0.15) is 5.82 Å². The molecule has 0 unspecified atom stereocenters. The molecule has 0 amide bonds. The summed E-state index contributed by atoms with van der Waals surface area (Å²) in [5.74, 6) is 2.12. The summed E-state index contributed by atoms with van der Waals surface area (Å²) < 4.78 is 7.17. The molecule has 1 saturated carbocycles. The number of rotatable bonds is 4. The molecule has 0 spiro atoms. The van der Waals surface area contributed by atoms with Crippen molar-refractivity contribution in [1.29, 1.82) is 0 Å². The highest BCUT2D eigenvalue weighted by molar-refractivity contribution is 6.32. The van der Waals surface area contributed by atoms with E-state index in [1.165, 1.54) is 0 Å². The van der Waals surface area contributed by atoms with E-state index >= 15 is 0 Å². The predicted octanol–water partition coefficient (Wildman–Crippen LogP) is 4.24. The van der Waals surface area contributed by atoms with Gasteiger partial charge in [0.05, 0.1) is 16.2 Å². The van der Waals surface area contributed by atoms with Crippen LogP contribution in [0.15, 0.2) is 28.8 Å². The van der Waals surface area contributed by atoms with Gasteiger partial charge in [-0.15, -0.1) is 17.5 Å². The first-order valence-electron chi connectivity index (χ1n) is 8.83. The summed E-state index contributed by atoms with van der Waals surface area (Å²) in [6, 6.07) is 7.52. The number of nitrogens with zero attached hydrogens (tertiary/aromatic N) is 5. The lowest BCUT2D eigenvalue weighted by atomic mass is 9.99. The topological polar surface area (TPSA) is 95.7 Å². The van der Waals surface area contributed by atoms with Crippen molar-refractivity contribution in [3.63, 3.8) is 0 Å². The van der Waals surface area contributed by atoms with E-state index in [9.17, 15) is 0 Å². The summed E-state index contributed by atoms with van der Waals surface area (Å²) in [6.45, 7) is 4.10. The third-order valence-electron chi connectivity index (χ3n) is 4.79. The van der Waals surface area contributed by atoms with Crippen LogP contribution < -0.4 is 5.73 Å². The van der Waals surface area contributed by atoms with E-state index in [-0.39, 0.29) is 24.2 Å². The van der Waals surface area contributed by atoms with Crippen molar-refractivity contribution in [2.75, 3.05) is 0 Å². The van der Waals surface area contributed by atoms with Crippen LogP contribution in [0.1, 0.15) is 57.1 Å². The molecular formula is C18H22Cl2N6O. The Morgan fingerprint density at radius 1 is 1.19 bits per heavy atom. The van der Waals surface area contributed by atoms with Crippen molar-refractivity contribution >= 4 is 24.0 Å². The van der Waals surface area contributed by atoms with Crippen LogP contribution in [0.3, 0.4) is 0 Å². The van der Waals surface area contributed by atoms with E-state index in [0.717, 1.165) is 37.2 Å². The van der Waals surface area contributed by atoms with E-state index < -0.39 is 5.54 Å². The molecule has 9 heteroatoms. The van der Waals surface area contributed by atoms with Gasteiger partial charge in [-0.2, -0.15) is 4.98 Å². The maximum absolute atomic E-state index is 6.42. The first-order chi connectivity index (χ1) is 12.5. The fraction of sp³-hybridized carbons (Fsp3) is 0.444. The summed E-state index contributed by atoms with van der Waals surface area (Å²) in [5.41, 5.74) is 6.68. The highest BCUT2D eigenvalue weighted by atomic mass is 35.5. The number of aromatic nitrogens is 5. The molecule has 27 heavy (non-hydrogen) atoms. The monoisotopic (exact) mass is 408 g/mol. The largest absolute Gasteiger partial charge is 0.330 e. The summed E-state index contributed by atoms with van der Waals surface area (Å²) in [5, 5.41) is 9.27. The molecule has 0 bridgehead atoms. The van der Waals surface area contributed by atoms with Gasteiger partial charge < -0.3 is 10.3 Å². The molecule has 2 heterocycles. The Balaban J connectivity index is 0.00000210. The summed E-state index contributed by atoms with van der Waals surface area (Å²) in [7, 11) is 0. The van der Waals surface area contributed by atoms with Gasteiger partial charge in [0.2, 0.25) is 5.82 Å². The van der Waals surface area contributed by atoms with Gasteiger partial charge in [0.15, 0.2) is 5.82 Å². The molecule has 0 saturated heterocycles. The van der Waals surface area contributed by atoms with Gasteiger partial charge in [0, 0.05) is 5.92 Å². The van der Waals surface area contributed by atoms with Crippen molar-refractivity contribution < 1.29 is 4.52 Å². The van der Waals surface area contributed by atoms with Crippen molar-refractivity contribution in [2.45, 2.75) is 51.0 Å². The standard InChI is InChI=1S/C18H21ClN6O.ClH/c1-11(2)15-21-14(23-25(15)13-8-4-3-7-12(13)19)16-22-17(24-26-16)18(20)9-5-6-10-18;/h3-4,7-8,11H,5-6,9-10,20H2,1-2H3;1H. The first-order valence-corrected chi connectivity index (χ1v) is 9.21. The van der Waals surface area contributed by atoms with Crippen LogP contribution in [0.2, 0.25) is 5.02 Å². The highest BCUT2D eigenvalue weighted by Gasteiger charge is 2.36. The number of hydrogen-bond acceptors (Lipinski definition) is 6. The third-order valence-corrected chi connectivity index (χ3v) is 5.11. The van der Waals surface area contributed by atoms with E-state index in [0.29, 0.717) is 16.7 Å². The second-order valence-corrected chi connectivity index (χ2v) is 7.51. The Morgan fingerprint density at radius 2 is 1.89 bits per heavy atom. The van der Waals surface area contributed by atoms with Crippen LogP contribution in [-0.2, 0) is 5.54 Å². The Labute approximate surface area is 168 Å². The van der Waals surface area contributed by atoms with Gasteiger partial charge in [0.25, 0.3) is 5.89 Å². The lowest BCUT2D eigenvalue weighted by Crippen LogP contribution is -2.34. The smallest absolute Gasteiger partial charge is 0.297 e. The minimum Gasteiger partial charge on any atom is -0.330 e. The molecule has 0 aliphatic heterocycles. The number of benzene rings is 1. The zero-order valence-electron chi connectivity index (χ0n) is 15.2. The van der Waals surface area contributed by atoms with E-state index in [2.05, 4.69) is 20.2 Å². The quantitative estimate of drug-likeness (QED) is 0.692. The van der Waals surface area contributed by atoms with Gasteiger partial charge in [-0.05, 0) is 25.0 Å². The number of nitrogens with two attached hydrogens (primary N) is 1. The summed E-state index contributed by atoms with van der Waals surface area (Å²) in [4.78, 5) is 9.11. The van der Waals surface area contributed by atoms with Gasteiger partial charge in [-0.1, -0.05) is 55.6 Å². The Bertz CT molecular complexity index is 930. The highest BCUT2D eigenvalue weighted by Crippen LogP contribution is 2.35. The lowest BCUT2D eigenvalue weighted by molar-refractivity contribution is 0.372. The summed E-state index contributed by atoms with van der Waals surface area (Å²) in [6.07, 6.45) is 3.89. The molecule has 0 atom stereocenters. The minimum atomic E-state index is -0.506. The zero-order chi connectivity index (χ0) is 18.3. The third kappa shape index (κ3) is 3.59. The lowest BCUT2D eigenvalue weighted by Gasteiger charge is -2.17. The summed E-state index contributed by atoms with van der Waals surface area (Å²) >= 11 is 6.34. The fourth-order valence-corrected chi connectivity index (χ4v) is 3.55. The Kier molecular flexibility index (Phi) is 5.55. The van der Waals surface area contributed by atoms with E-state index in [1.807, 2.05) is 38.1 Å². The van der Waals surface area contributed by atoms with Crippen molar-refractivity contribution in [2.24, 2.45) is 5.73 Å². The van der Waals surface area contributed by atoms with Crippen molar-refractivity contribution in [3.8, 4) is 17.4 Å². The maximum atomic E-state index is 6.42. The Hall–Kier alpha value is -1.96. The molecule has 144 valence electrons. The molecule has 1 aromatic carbocycles. The van der Waals surface area contributed by atoms with Crippen LogP contribution in [0.5, 0.6) is 0 Å². The van der Waals surface area contributed by atoms with Crippen molar-refractivity contribution in [1.82, 2.24) is 24.9 Å². The number of halogens is 2. The zero-order valence-corrected chi connectivity index (χ0v) is 16.8. The van der Waals surface area contributed by atoms with E-state index in [1.54, 1.807) is 4.68 Å². The van der Waals surface area contributed by atoms with Crippen LogP contribution in [0.25, 0.3) is 17.4 Å². The van der Waals surface area contributed by atoms with Crippen molar-refractivity contribution in [3.05, 3.63) is 40.9 Å². The van der Waals surface area contributed by atoms with Crippen LogP contribution in [-0.4, -0.2) is 24.9 Å². The SMILES string of the molecule is CC(C)c1nc(-c2nc(C3(N)CCCC3)no2)nn1-c1ccccc1Cl.Cl. The molecular weight excluding hydrogens is 387 g/mol. The fourth-order valence-electron chi connectivity index (χ4n) is 3.34. The second kappa shape index (κ2) is 7.58. The number of hydrogen-bond donors (Lipinski definition) is 1. The maximum Gasteiger partial charge on any atom is 0.297 e. The van der Waals surface area contributed by atoms with Gasteiger partial charge >= 0.3 is 0 Å². The van der Waals surface area contributed by atoms with Gasteiger partial charge in [-0.3, -0.25) is 0 Å². The normalized spacial score (nSPS) is 15.9. The second-order valence-electron chi connectivity index (χ2n) is 7.10. The van der Waals surface area contributed by atoms with Crippen LogP contribution in [0, 0.1) is 0 Å². The molecule has 2 N–H and O–H groups in total. The molecule has 1 aliphatic rings. The van der Waals surface area contributed by atoms with Crippen LogP contribution in [0.4, 0.5) is 0 Å². The first kappa shape index (κ1) is 19.8. The molecule has 2 aromatic heterocycles. The molecule has 4 rings (SSSR count). The molecule has 1 fully saturated rings. The Morgan fingerprint density at radius 3 is 2.56 bits per heavy atom. The van der Waals surface area contributed by atoms with Gasteiger partial charge in [-0.25, -0.2) is 9.67 Å². The average molecular weight is 409 g/mol. The molecule has 7 nitrogen and oxygen atoms in total. The molecule has 0 radical (unpaired) electrons. The number of para-hydroxylation sites is 1. The molecule has 1 aliphatic carbocycles. The average Bonchev–Trinajstić information content (AvgIpc) is 3.34. The predicted molar refractivity (Wildman–Crippen MR) is 105 cm³/mol.